The molecule has 1 N–H and O–H groups in total. The van der Waals surface area contributed by atoms with Gasteiger partial charge in [-0.05, 0) is 19.3 Å². The highest BCUT2D eigenvalue weighted by atomic mass is 16.2. The quantitative estimate of drug-likeness (QED) is 0.514. The van der Waals surface area contributed by atoms with Crippen molar-refractivity contribution in [1.82, 2.24) is 5.43 Å². The van der Waals surface area contributed by atoms with Gasteiger partial charge in [0.1, 0.15) is 5.78 Å². The molecule has 1 amide bonds. The maximum Gasteiger partial charge on any atom is 0.236 e. The first-order valence-electron chi connectivity index (χ1n) is 4.31. The number of nitrogens with zero attached hydrogens (tertiary/aromatic N) is 1. The third kappa shape index (κ3) is 8.72. The van der Waals surface area contributed by atoms with E-state index in [1.807, 2.05) is 6.92 Å². The van der Waals surface area contributed by atoms with E-state index in [1.165, 1.54) is 6.92 Å². The molecule has 0 radical (unpaired) electrons. The van der Waals surface area contributed by atoms with Gasteiger partial charge in [0.05, 0.1) is 0 Å². The lowest BCUT2D eigenvalue weighted by Gasteiger charge is -2.02. The van der Waals surface area contributed by atoms with Gasteiger partial charge >= 0.3 is 0 Å². The fraction of sp³-hybridized carbons (Fsp3) is 0.667. The van der Waals surface area contributed by atoms with Crippen LogP contribution < -0.4 is 5.43 Å². The van der Waals surface area contributed by atoms with Crippen LogP contribution in [0.2, 0.25) is 0 Å². The molecule has 0 spiro atoms. The molecule has 0 saturated carbocycles. The van der Waals surface area contributed by atoms with Crippen molar-refractivity contribution in [2.24, 2.45) is 11.0 Å². The Morgan fingerprint density at radius 1 is 1.46 bits per heavy atom. The molecule has 0 saturated heterocycles. The van der Waals surface area contributed by atoms with Crippen molar-refractivity contribution in [2.75, 3.05) is 0 Å². The standard InChI is InChI=1S/C9H16N2O2/c1-7(4-5-8(2)12)6-10-11-9(3)13/h6-7H,4-5H2,1-3H3,(H,11,13)/b10-6+. The Hall–Kier alpha value is -1.19. The molecular weight excluding hydrogens is 168 g/mol. The number of amides is 1. The molecule has 0 aromatic rings. The molecule has 1 atom stereocenters. The van der Waals surface area contributed by atoms with Gasteiger partial charge in [0.2, 0.25) is 5.91 Å². The van der Waals surface area contributed by atoms with E-state index in [0.29, 0.717) is 6.42 Å². The monoisotopic (exact) mass is 184 g/mol. The number of carbonyl (C=O) groups is 2. The summed E-state index contributed by atoms with van der Waals surface area (Å²) in [5.41, 5.74) is 2.31. The van der Waals surface area contributed by atoms with Crippen molar-refractivity contribution in [2.45, 2.75) is 33.6 Å². The van der Waals surface area contributed by atoms with E-state index in [2.05, 4.69) is 10.5 Å². The molecule has 0 aliphatic rings. The second-order valence-electron chi connectivity index (χ2n) is 3.16. The van der Waals surface area contributed by atoms with E-state index in [1.54, 1.807) is 13.1 Å². The second-order valence-corrected chi connectivity index (χ2v) is 3.16. The number of Topliss-reactive ketones (excluding diaryl/α,β-unsaturated/α-hetero) is 1. The summed E-state index contributed by atoms with van der Waals surface area (Å²) in [5.74, 6) is 0.213. The lowest BCUT2D eigenvalue weighted by Crippen LogP contribution is -2.13. The zero-order valence-corrected chi connectivity index (χ0v) is 8.33. The maximum absolute atomic E-state index is 10.6. The first-order valence-corrected chi connectivity index (χ1v) is 4.31. The van der Waals surface area contributed by atoms with Crippen LogP contribution >= 0.6 is 0 Å². The zero-order valence-electron chi connectivity index (χ0n) is 8.33. The van der Waals surface area contributed by atoms with Crippen LogP contribution in [0.4, 0.5) is 0 Å². The highest BCUT2D eigenvalue weighted by molar-refractivity contribution is 5.76. The Kier molecular flexibility index (Phi) is 5.76. The van der Waals surface area contributed by atoms with Gasteiger partial charge in [-0.2, -0.15) is 5.10 Å². The van der Waals surface area contributed by atoms with Gasteiger partial charge in [0, 0.05) is 19.6 Å². The molecular formula is C9H16N2O2. The average molecular weight is 184 g/mol. The van der Waals surface area contributed by atoms with Gasteiger partial charge in [-0.3, -0.25) is 4.79 Å². The molecule has 0 aliphatic heterocycles. The van der Waals surface area contributed by atoms with Gasteiger partial charge in [-0.1, -0.05) is 6.92 Å². The molecule has 74 valence electrons. The predicted molar refractivity (Wildman–Crippen MR) is 51.4 cm³/mol. The minimum absolute atomic E-state index is 0.180. The predicted octanol–water partition coefficient (Wildman–Crippen LogP) is 1.11. The summed E-state index contributed by atoms with van der Waals surface area (Å²) in [7, 11) is 0. The zero-order chi connectivity index (χ0) is 10.3. The van der Waals surface area contributed by atoms with Gasteiger partial charge in [-0.25, -0.2) is 5.43 Å². The van der Waals surface area contributed by atoms with Crippen LogP contribution in [0.1, 0.15) is 33.6 Å². The van der Waals surface area contributed by atoms with Crippen molar-refractivity contribution in [3.05, 3.63) is 0 Å². The highest BCUT2D eigenvalue weighted by Crippen LogP contribution is 2.02. The van der Waals surface area contributed by atoms with Gasteiger partial charge in [0.15, 0.2) is 0 Å². The molecule has 13 heavy (non-hydrogen) atoms. The lowest BCUT2D eigenvalue weighted by molar-refractivity contribution is -0.119. The Morgan fingerprint density at radius 3 is 2.54 bits per heavy atom. The Balaban J connectivity index is 3.60. The summed E-state index contributed by atoms with van der Waals surface area (Å²) in [4.78, 5) is 21.0. The summed E-state index contributed by atoms with van der Waals surface area (Å²) in [6, 6.07) is 0. The molecule has 4 heteroatoms. The van der Waals surface area contributed by atoms with E-state index in [9.17, 15) is 9.59 Å². The minimum Gasteiger partial charge on any atom is -0.300 e. The van der Waals surface area contributed by atoms with Crippen molar-refractivity contribution in [1.29, 1.82) is 0 Å². The van der Waals surface area contributed by atoms with Gasteiger partial charge in [0.25, 0.3) is 0 Å². The summed E-state index contributed by atoms with van der Waals surface area (Å²) in [5, 5.41) is 3.71. The molecule has 0 fully saturated rings. The largest absolute Gasteiger partial charge is 0.300 e. The van der Waals surface area contributed by atoms with E-state index >= 15 is 0 Å². The van der Waals surface area contributed by atoms with E-state index in [0.717, 1.165) is 6.42 Å². The summed E-state index contributed by atoms with van der Waals surface area (Å²) < 4.78 is 0. The van der Waals surface area contributed by atoms with Crippen LogP contribution in [0.15, 0.2) is 5.10 Å². The van der Waals surface area contributed by atoms with Gasteiger partial charge < -0.3 is 4.79 Å². The molecule has 0 aliphatic carbocycles. The van der Waals surface area contributed by atoms with Crippen LogP contribution in [0.25, 0.3) is 0 Å². The minimum atomic E-state index is -0.185. The SMILES string of the molecule is CC(=O)CCC(C)/C=N/NC(C)=O. The Morgan fingerprint density at radius 2 is 2.08 bits per heavy atom. The molecule has 0 bridgehead atoms. The Labute approximate surface area is 78.4 Å². The maximum atomic E-state index is 10.6. The first kappa shape index (κ1) is 11.8. The smallest absolute Gasteiger partial charge is 0.236 e. The fourth-order valence-corrected chi connectivity index (χ4v) is 0.761. The van der Waals surface area contributed by atoms with Crippen molar-refractivity contribution in [3.8, 4) is 0 Å². The molecule has 1 unspecified atom stereocenters. The third-order valence-electron chi connectivity index (χ3n) is 1.50. The van der Waals surface area contributed by atoms with E-state index in [4.69, 9.17) is 0 Å². The van der Waals surface area contributed by atoms with Crippen molar-refractivity contribution in [3.63, 3.8) is 0 Å². The van der Waals surface area contributed by atoms with Crippen LogP contribution in [0.5, 0.6) is 0 Å². The lowest BCUT2D eigenvalue weighted by atomic mass is 10.1. The summed E-state index contributed by atoms with van der Waals surface area (Å²) >= 11 is 0. The van der Waals surface area contributed by atoms with Gasteiger partial charge in [-0.15, -0.1) is 0 Å². The summed E-state index contributed by atoms with van der Waals surface area (Å²) in [6.07, 6.45) is 2.98. The molecule has 0 heterocycles. The topological polar surface area (TPSA) is 58.5 Å². The number of nitrogens with one attached hydrogen (secondary N) is 1. The fourth-order valence-electron chi connectivity index (χ4n) is 0.761. The number of hydrogen-bond acceptors (Lipinski definition) is 3. The van der Waals surface area contributed by atoms with E-state index < -0.39 is 0 Å². The first-order chi connectivity index (χ1) is 6.02. The second kappa shape index (κ2) is 6.34. The number of carbonyl (C=O) groups excluding carboxylic acids is 2. The number of hydrazone groups is 1. The number of rotatable bonds is 5. The van der Waals surface area contributed by atoms with Crippen LogP contribution in [0, 0.1) is 5.92 Å². The highest BCUT2D eigenvalue weighted by Gasteiger charge is 2.00. The van der Waals surface area contributed by atoms with Crippen LogP contribution in [-0.2, 0) is 9.59 Å². The Bertz CT molecular complexity index is 212. The third-order valence-corrected chi connectivity index (χ3v) is 1.50. The summed E-state index contributed by atoms with van der Waals surface area (Å²) in [6.45, 7) is 4.92. The molecule has 0 aromatic heterocycles. The van der Waals surface area contributed by atoms with Crippen molar-refractivity contribution >= 4 is 17.9 Å². The number of ketones is 1. The molecule has 4 nitrogen and oxygen atoms in total. The van der Waals surface area contributed by atoms with Crippen LogP contribution in [0.3, 0.4) is 0 Å². The molecule has 0 aromatic carbocycles. The van der Waals surface area contributed by atoms with Crippen LogP contribution in [-0.4, -0.2) is 17.9 Å². The normalized spacial score (nSPS) is 12.8. The number of hydrogen-bond donors (Lipinski definition) is 1. The molecule has 0 rings (SSSR count). The van der Waals surface area contributed by atoms with E-state index in [-0.39, 0.29) is 17.6 Å². The average Bonchev–Trinajstić information content (AvgIpc) is 2.00. The van der Waals surface area contributed by atoms with Crippen molar-refractivity contribution < 1.29 is 9.59 Å².